The summed E-state index contributed by atoms with van der Waals surface area (Å²) in [6, 6.07) is 0. The molecule has 0 atom stereocenters. The van der Waals surface area contributed by atoms with Crippen molar-refractivity contribution in [1.29, 1.82) is 0 Å². The third-order valence-corrected chi connectivity index (χ3v) is 3.37. The molecule has 0 spiro atoms. The van der Waals surface area contributed by atoms with Crippen LogP contribution in [-0.4, -0.2) is 36.2 Å². The second-order valence-corrected chi connectivity index (χ2v) is 6.25. The second-order valence-electron chi connectivity index (χ2n) is 6.25. The molecule has 4 nitrogen and oxygen atoms in total. The van der Waals surface area contributed by atoms with Crippen LogP contribution in [0.15, 0.2) is 35.1 Å². The lowest BCUT2D eigenvalue weighted by Gasteiger charge is -2.31. The molecular weight excluding hydrogens is 252 g/mol. The van der Waals surface area contributed by atoms with Crippen molar-refractivity contribution in [3.8, 4) is 0 Å². The van der Waals surface area contributed by atoms with E-state index in [0.29, 0.717) is 6.54 Å². The van der Waals surface area contributed by atoms with Crippen LogP contribution < -0.4 is 5.32 Å². The molecule has 0 aromatic rings. The number of hydrogen-bond acceptors (Lipinski definition) is 3. The number of ether oxygens (including phenoxy) is 1. The van der Waals surface area contributed by atoms with Gasteiger partial charge in [0, 0.05) is 12.2 Å². The van der Waals surface area contributed by atoms with Gasteiger partial charge < -0.3 is 10.1 Å². The highest BCUT2D eigenvalue weighted by molar-refractivity contribution is 5.72. The molecule has 0 aromatic carbocycles. The van der Waals surface area contributed by atoms with Gasteiger partial charge in [-0.1, -0.05) is 12.2 Å². The van der Waals surface area contributed by atoms with Gasteiger partial charge in [-0.2, -0.15) is 0 Å². The van der Waals surface area contributed by atoms with Gasteiger partial charge in [-0.05, 0) is 57.9 Å². The Kier molecular flexibility index (Phi) is 4.33. The Morgan fingerprint density at radius 2 is 2.05 bits per heavy atom. The Hall–Kier alpha value is -1.55. The molecule has 0 bridgehead atoms. The fourth-order valence-corrected chi connectivity index (χ4v) is 2.31. The summed E-state index contributed by atoms with van der Waals surface area (Å²) in [6.45, 7) is 10.1. The SMILES string of the molecule is CC1=CC=C(C2=CCNCC2)CN1C(=O)OC(C)(C)C. The first-order valence-corrected chi connectivity index (χ1v) is 7.15. The van der Waals surface area contributed by atoms with Gasteiger partial charge in [-0.25, -0.2) is 4.79 Å². The molecule has 2 aliphatic rings. The van der Waals surface area contributed by atoms with E-state index in [0.717, 1.165) is 25.2 Å². The number of carbonyl (C=O) groups excluding carboxylic acids is 1. The topological polar surface area (TPSA) is 41.6 Å². The summed E-state index contributed by atoms with van der Waals surface area (Å²) in [7, 11) is 0. The van der Waals surface area contributed by atoms with Crippen LogP contribution in [0.2, 0.25) is 0 Å². The number of carbonyl (C=O) groups is 1. The van der Waals surface area contributed by atoms with Crippen molar-refractivity contribution < 1.29 is 9.53 Å². The summed E-state index contributed by atoms with van der Waals surface area (Å²) < 4.78 is 5.47. The Balaban J connectivity index is 2.10. The fraction of sp³-hybridized carbons (Fsp3) is 0.562. The van der Waals surface area contributed by atoms with Crippen LogP contribution in [0.4, 0.5) is 4.79 Å². The van der Waals surface area contributed by atoms with Crippen LogP contribution in [0, 0.1) is 0 Å². The largest absolute Gasteiger partial charge is 0.443 e. The van der Waals surface area contributed by atoms with Crippen molar-refractivity contribution in [2.24, 2.45) is 0 Å². The Labute approximate surface area is 121 Å². The Morgan fingerprint density at radius 1 is 1.30 bits per heavy atom. The van der Waals surface area contributed by atoms with E-state index in [4.69, 9.17) is 4.74 Å². The van der Waals surface area contributed by atoms with Crippen LogP contribution in [0.1, 0.15) is 34.1 Å². The average molecular weight is 276 g/mol. The highest BCUT2D eigenvalue weighted by atomic mass is 16.6. The van der Waals surface area contributed by atoms with Crippen molar-refractivity contribution in [1.82, 2.24) is 10.2 Å². The molecule has 0 saturated carbocycles. The van der Waals surface area contributed by atoms with Gasteiger partial charge in [-0.15, -0.1) is 0 Å². The summed E-state index contributed by atoms with van der Waals surface area (Å²) in [5, 5.41) is 3.30. The molecule has 0 unspecified atom stereocenters. The van der Waals surface area contributed by atoms with Crippen LogP contribution in [-0.2, 0) is 4.74 Å². The van der Waals surface area contributed by atoms with E-state index < -0.39 is 5.60 Å². The zero-order valence-electron chi connectivity index (χ0n) is 12.8. The predicted octanol–water partition coefficient (Wildman–Crippen LogP) is 2.99. The summed E-state index contributed by atoms with van der Waals surface area (Å²) in [5.41, 5.74) is 3.01. The number of nitrogens with one attached hydrogen (secondary N) is 1. The first-order valence-electron chi connectivity index (χ1n) is 7.15. The molecule has 2 heterocycles. The summed E-state index contributed by atoms with van der Waals surface area (Å²) in [4.78, 5) is 14.0. The van der Waals surface area contributed by atoms with E-state index >= 15 is 0 Å². The van der Waals surface area contributed by atoms with Crippen molar-refractivity contribution in [3.05, 3.63) is 35.1 Å². The molecule has 0 saturated heterocycles. The van der Waals surface area contributed by atoms with Gasteiger partial charge in [0.2, 0.25) is 0 Å². The Morgan fingerprint density at radius 3 is 2.65 bits per heavy atom. The standard InChI is InChI=1S/C16H24N2O2/c1-12-5-6-14(13-7-9-17-10-8-13)11-18(12)15(19)20-16(2,3)4/h5-7,17H,8-11H2,1-4H3. The number of allylic oxidation sites excluding steroid dienone is 3. The van der Waals surface area contributed by atoms with Crippen LogP contribution in [0.5, 0.6) is 0 Å². The third kappa shape index (κ3) is 3.73. The maximum Gasteiger partial charge on any atom is 0.414 e. The molecule has 0 aromatic heterocycles. The molecule has 2 rings (SSSR count). The molecule has 20 heavy (non-hydrogen) atoms. The number of nitrogens with zero attached hydrogens (tertiary/aromatic N) is 1. The maximum atomic E-state index is 12.3. The van der Waals surface area contributed by atoms with Crippen LogP contribution >= 0.6 is 0 Å². The molecule has 110 valence electrons. The van der Waals surface area contributed by atoms with E-state index in [1.807, 2.05) is 33.8 Å². The normalized spacial score (nSPS) is 20.0. The van der Waals surface area contributed by atoms with Crippen molar-refractivity contribution >= 4 is 6.09 Å². The summed E-state index contributed by atoms with van der Waals surface area (Å²) in [5.74, 6) is 0. The highest BCUT2D eigenvalue weighted by Crippen LogP contribution is 2.24. The van der Waals surface area contributed by atoms with Crippen LogP contribution in [0.25, 0.3) is 0 Å². The summed E-state index contributed by atoms with van der Waals surface area (Å²) in [6.07, 6.45) is 7.06. The van der Waals surface area contributed by atoms with Gasteiger partial charge in [0.05, 0.1) is 6.54 Å². The van der Waals surface area contributed by atoms with Crippen molar-refractivity contribution in [2.75, 3.05) is 19.6 Å². The number of amides is 1. The van der Waals surface area contributed by atoms with Gasteiger partial charge in [0.15, 0.2) is 0 Å². The monoisotopic (exact) mass is 276 g/mol. The van der Waals surface area contributed by atoms with E-state index in [1.54, 1.807) is 4.90 Å². The smallest absolute Gasteiger partial charge is 0.414 e. The molecule has 1 amide bonds. The van der Waals surface area contributed by atoms with Gasteiger partial charge in [0.1, 0.15) is 5.60 Å². The quantitative estimate of drug-likeness (QED) is 0.800. The average Bonchev–Trinajstić information content (AvgIpc) is 2.38. The van der Waals surface area contributed by atoms with Gasteiger partial charge in [0.25, 0.3) is 0 Å². The van der Waals surface area contributed by atoms with E-state index in [2.05, 4.69) is 17.5 Å². The van der Waals surface area contributed by atoms with Crippen LogP contribution in [0.3, 0.4) is 0 Å². The van der Waals surface area contributed by atoms with Gasteiger partial charge in [-0.3, -0.25) is 4.90 Å². The van der Waals surface area contributed by atoms with Crippen molar-refractivity contribution in [2.45, 2.75) is 39.7 Å². The molecular formula is C16H24N2O2. The molecule has 0 fully saturated rings. The molecule has 0 radical (unpaired) electrons. The Bertz CT molecular complexity index is 481. The minimum Gasteiger partial charge on any atom is -0.443 e. The number of rotatable bonds is 1. The fourth-order valence-electron chi connectivity index (χ4n) is 2.31. The first kappa shape index (κ1) is 14.9. The molecule has 1 N–H and O–H groups in total. The molecule has 2 aliphatic heterocycles. The van der Waals surface area contributed by atoms with Crippen molar-refractivity contribution in [3.63, 3.8) is 0 Å². The minimum absolute atomic E-state index is 0.272. The predicted molar refractivity (Wildman–Crippen MR) is 80.3 cm³/mol. The third-order valence-electron chi connectivity index (χ3n) is 3.37. The highest BCUT2D eigenvalue weighted by Gasteiger charge is 2.26. The maximum absolute atomic E-state index is 12.3. The van der Waals surface area contributed by atoms with E-state index in [9.17, 15) is 4.79 Å². The van der Waals surface area contributed by atoms with Gasteiger partial charge >= 0.3 is 6.09 Å². The van der Waals surface area contributed by atoms with E-state index in [1.165, 1.54) is 11.1 Å². The minimum atomic E-state index is -0.466. The first-order chi connectivity index (χ1) is 9.37. The lowest BCUT2D eigenvalue weighted by molar-refractivity contribution is 0.0326. The zero-order chi connectivity index (χ0) is 14.8. The number of hydrogen-bond donors (Lipinski definition) is 1. The molecule has 0 aliphatic carbocycles. The lowest BCUT2D eigenvalue weighted by atomic mass is 9.97. The summed E-state index contributed by atoms with van der Waals surface area (Å²) >= 11 is 0. The lowest BCUT2D eigenvalue weighted by Crippen LogP contribution is -2.38. The van der Waals surface area contributed by atoms with E-state index in [-0.39, 0.29) is 6.09 Å². The second kappa shape index (κ2) is 5.83. The zero-order valence-corrected chi connectivity index (χ0v) is 12.8. The molecule has 4 heteroatoms.